The Kier molecular flexibility index (Phi) is 7.13. The van der Waals surface area contributed by atoms with Gasteiger partial charge in [0.2, 0.25) is 5.91 Å². The number of carbonyl (C=O) groups is 2. The Bertz CT molecular complexity index is 1900. The highest BCUT2D eigenvalue weighted by atomic mass is 16.2. The normalized spacial score (nSPS) is 10.9. The summed E-state index contributed by atoms with van der Waals surface area (Å²) >= 11 is 0. The second kappa shape index (κ2) is 11.3. The Labute approximate surface area is 242 Å². The monoisotopic (exact) mass is 553 g/mol. The van der Waals surface area contributed by atoms with Crippen LogP contribution in [0.15, 0.2) is 109 Å². The van der Waals surface area contributed by atoms with Gasteiger partial charge in [-0.3, -0.25) is 14.2 Å². The van der Waals surface area contributed by atoms with Crippen LogP contribution in [0.5, 0.6) is 0 Å². The van der Waals surface area contributed by atoms with Crippen LogP contribution >= 0.6 is 0 Å². The van der Waals surface area contributed by atoms with Gasteiger partial charge in [0.25, 0.3) is 5.91 Å². The van der Waals surface area contributed by atoms with Crippen molar-refractivity contribution >= 4 is 34.5 Å². The quantitative estimate of drug-likeness (QED) is 0.235. The Morgan fingerprint density at radius 1 is 0.833 bits per heavy atom. The molecule has 0 atom stereocenters. The molecule has 6 aromatic rings. The van der Waals surface area contributed by atoms with Crippen LogP contribution in [0.2, 0.25) is 0 Å². The zero-order valence-electron chi connectivity index (χ0n) is 22.8. The molecule has 0 fully saturated rings. The molecule has 0 saturated heterocycles. The second-order valence-corrected chi connectivity index (χ2v) is 9.72. The van der Waals surface area contributed by atoms with E-state index in [-0.39, 0.29) is 11.8 Å². The van der Waals surface area contributed by atoms with Crippen LogP contribution in [0.25, 0.3) is 39.5 Å². The molecule has 4 N–H and O–H groups in total. The van der Waals surface area contributed by atoms with Crippen LogP contribution in [0, 0.1) is 0 Å². The lowest BCUT2D eigenvalue weighted by Crippen LogP contribution is -2.22. The van der Waals surface area contributed by atoms with Crippen LogP contribution in [0.4, 0.5) is 11.5 Å². The summed E-state index contributed by atoms with van der Waals surface area (Å²) in [5, 5.41) is 5.75. The van der Waals surface area contributed by atoms with Gasteiger partial charge in [-0.25, -0.2) is 15.0 Å². The Morgan fingerprint density at radius 3 is 2.31 bits per heavy atom. The average molecular weight is 554 g/mol. The highest BCUT2D eigenvalue weighted by molar-refractivity contribution is 5.94. The van der Waals surface area contributed by atoms with Crippen molar-refractivity contribution in [3.05, 3.63) is 120 Å². The number of carbonyl (C=O) groups excluding carboxylic acids is 2. The number of aromatic nitrogens is 4. The van der Waals surface area contributed by atoms with E-state index in [2.05, 4.69) is 15.6 Å². The molecule has 0 aliphatic rings. The molecular formula is C33H27N7O2. The van der Waals surface area contributed by atoms with Gasteiger partial charge in [-0.2, -0.15) is 0 Å². The number of nitrogens with zero attached hydrogens (tertiary/aromatic N) is 4. The summed E-state index contributed by atoms with van der Waals surface area (Å²) < 4.78 is 1.96. The summed E-state index contributed by atoms with van der Waals surface area (Å²) in [6, 6.07) is 32.1. The van der Waals surface area contributed by atoms with Gasteiger partial charge in [0, 0.05) is 42.2 Å². The van der Waals surface area contributed by atoms with Crippen LogP contribution in [-0.2, 0) is 11.3 Å². The second-order valence-electron chi connectivity index (χ2n) is 9.72. The Balaban J connectivity index is 1.37. The van der Waals surface area contributed by atoms with E-state index >= 15 is 0 Å². The molecule has 0 aliphatic carbocycles. The minimum atomic E-state index is -0.128. The number of nitrogens with one attached hydrogen (secondary N) is 2. The minimum Gasteiger partial charge on any atom is -0.383 e. The number of imidazole rings is 1. The first-order valence-electron chi connectivity index (χ1n) is 13.4. The van der Waals surface area contributed by atoms with Crippen LogP contribution in [-0.4, -0.2) is 31.3 Å². The molecule has 3 aromatic heterocycles. The molecule has 0 radical (unpaired) electrons. The number of nitrogen functional groups attached to an aromatic ring is 1. The van der Waals surface area contributed by atoms with Gasteiger partial charge in [-0.05, 0) is 66.2 Å². The molecule has 9 heteroatoms. The van der Waals surface area contributed by atoms with Crippen molar-refractivity contribution in [3.63, 3.8) is 0 Å². The number of nitrogens with two attached hydrogens (primary N) is 1. The lowest BCUT2D eigenvalue weighted by atomic mass is 10.1. The predicted octanol–water partition coefficient (Wildman–Crippen LogP) is 5.62. The van der Waals surface area contributed by atoms with Crippen LogP contribution < -0.4 is 16.4 Å². The number of hydrogen-bond acceptors (Lipinski definition) is 6. The van der Waals surface area contributed by atoms with E-state index in [9.17, 15) is 9.59 Å². The Morgan fingerprint density at radius 2 is 1.60 bits per heavy atom. The molecule has 3 heterocycles. The number of rotatable bonds is 7. The molecule has 0 saturated carbocycles. The van der Waals surface area contributed by atoms with Crippen molar-refractivity contribution in [1.82, 2.24) is 24.8 Å². The van der Waals surface area contributed by atoms with E-state index in [0.717, 1.165) is 22.5 Å². The maximum absolute atomic E-state index is 12.5. The third kappa shape index (κ3) is 5.44. The molecular weight excluding hydrogens is 526 g/mol. The third-order valence-electron chi connectivity index (χ3n) is 6.77. The van der Waals surface area contributed by atoms with Gasteiger partial charge in [-0.1, -0.05) is 42.5 Å². The van der Waals surface area contributed by atoms with E-state index in [1.165, 1.54) is 6.92 Å². The Hall–Kier alpha value is -5.83. The molecule has 2 amide bonds. The fourth-order valence-corrected chi connectivity index (χ4v) is 4.71. The fourth-order valence-electron chi connectivity index (χ4n) is 4.71. The first-order valence-corrected chi connectivity index (χ1v) is 13.4. The highest BCUT2D eigenvalue weighted by Crippen LogP contribution is 2.32. The van der Waals surface area contributed by atoms with Crippen molar-refractivity contribution < 1.29 is 9.59 Å². The lowest BCUT2D eigenvalue weighted by molar-refractivity contribution is -0.114. The summed E-state index contributed by atoms with van der Waals surface area (Å²) in [4.78, 5) is 38.1. The molecule has 206 valence electrons. The first kappa shape index (κ1) is 26.4. The molecule has 0 bridgehead atoms. The zero-order chi connectivity index (χ0) is 29.1. The largest absolute Gasteiger partial charge is 0.383 e. The van der Waals surface area contributed by atoms with E-state index in [0.29, 0.717) is 46.2 Å². The smallest absolute Gasteiger partial charge is 0.251 e. The summed E-state index contributed by atoms with van der Waals surface area (Å²) in [5.41, 5.74) is 13.1. The van der Waals surface area contributed by atoms with Crippen LogP contribution in [0.1, 0.15) is 22.8 Å². The number of hydrogen-bond donors (Lipinski definition) is 3. The molecule has 42 heavy (non-hydrogen) atoms. The third-order valence-corrected chi connectivity index (χ3v) is 6.77. The molecule has 0 spiro atoms. The minimum absolute atomic E-state index is 0.127. The van der Waals surface area contributed by atoms with Gasteiger partial charge in [0.05, 0.1) is 11.3 Å². The maximum Gasteiger partial charge on any atom is 0.251 e. The van der Waals surface area contributed by atoms with Gasteiger partial charge in [-0.15, -0.1) is 0 Å². The number of amides is 2. The van der Waals surface area contributed by atoms with Crippen molar-refractivity contribution in [2.45, 2.75) is 13.5 Å². The van der Waals surface area contributed by atoms with E-state index in [4.69, 9.17) is 15.7 Å². The maximum atomic E-state index is 12.5. The van der Waals surface area contributed by atoms with E-state index in [1.54, 1.807) is 18.3 Å². The highest BCUT2D eigenvalue weighted by Gasteiger charge is 2.19. The summed E-state index contributed by atoms with van der Waals surface area (Å²) in [7, 11) is 0. The van der Waals surface area contributed by atoms with Crippen molar-refractivity contribution in [3.8, 4) is 28.3 Å². The number of benzene rings is 3. The summed E-state index contributed by atoms with van der Waals surface area (Å²) in [6.07, 6.45) is 1.64. The topological polar surface area (TPSA) is 128 Å². The number of fused-ring (bicyclic) bond motifs is 1. The predicted molar refractivity (Wildman–Crippen MR) is 164 cm³/mol. The summed E-state index contributed by atoms with van der Waals surface area (Å²) in [5.74, 6) is 0.726. The summed E-state index contributed by atoms with van der Waals surface area (Å²) in [6.45, 7) is 1.86. The number of anilines is 2. The van der Waals surface area contributed by atoms with Crippen LogP contribution in [0.3, 0.4) is 0 Å². The molecule has 3 aromatic carbocycles. The van der Waals surface area contributed by atoms with Gasteiger partial charge >= 0.3 is 0 Å². The lowest BCUT2D eigenvalue weighted by Gasteiger charge is -2.12. The average Bonchev–Trinajstić information content (AvgIpc) is 3.39. The first-order chi connectivity index (χ1) is 20.5. The standard InChI is InChI=1S/C33H27N7O2/c1-21(41)37-25-13-11-23(12-14-25)28-17-18-29-32(38-28)40(31(39-29)27-8-5-19-35-30(27)34)26-15-9-22(10-16-26)20-36-33(42)24-6-3-2-4-7-24/h2-19H,20H2,1H3,(H2,34,35)(H,36,42)(H,37,41). The fraction of sp³-hybridized carbons (Fsp3) is 0.0606. The van der Waals surface area contributed by atoms with Crippen molar-refractivity contribution in [1.29, 1.82) is 0 Å². The molecule has 0 unspecified atom stereocenters. The van der Waals surface area contributed by atoms with Gasteiger partial charge in [0.15, 0.2) is 11.5 Å². The SMILES string of the molecule is CC(=O)Nc1ccc(-c2ccc3nc(-c4cccnc4N)n(-c4ccc(CNC(=O)c5ccccc5)cc4)c3n2)cc1. The molecule has 9 nitrogen and oxygen atoms in total. The van der Waals surface area contributed by atoms with Crippen molar-refractivity contribution in [2.24, 2.45) is 0 Å². The van der Waals surface area contributed by atoms with Gasteiger partial charge < -0.3 is 16.4 Å². The number of pyridine rings is 2. The zero-order valence-corrected chi connectivity index (χ0v) is 22.8. The van der Waals surface area contributed by atoms with Crippen molar-refractivity contribution in [2.75, 3.05) is 11.1 Å². The molecule has 6 rings (SSSR count). The van der Waals surface area contributed by atoms with Gasteiger partial charge in [0.1, 0.15) is 11.3 Å². The van der Waals surface area contributed by atoms with E-state index < -0.39 is 0 Å². The van der Waals surface area contributed by atoms with E-state index in [1.807, 2.05) is 95.6 Å². The molecule has 0 aliphatic heterocycles.